The van der Waals surface area contributed by atoms with E-state index in [0.717, 1.165) is 19.0 Å². The molecule has 1 N–H and O–H groups in total. The van der Waals surface area contributed by atoms with Crippen LogP contribution in [0.15, 0.2) is 18.3 Å². The van der Waals surface area contributed by atoms with Gasteiger partial charge in [0, 0.05) is 11.8 Å². The molecule has 2 rings (SSSR count). The number of hydrogen-bond donors (Lipinski definition) is 1. The minimum Gasteiger partial charge on any atom is -0.481 e. The molecule has 0 amide bonds. The van der Waals surface area contributed by atoms with E-state index in [4.69, 9.17) is 4.74 Å². The average Bonchev–Trinajstić information content (AvgIpc) is 2.30. The first kappa shape index (κ1) is 15.5. The van der Waals surface area contributed by atoms with Gasteiger partial charge in [-0.25, -0.2) is 4.98 Å². The molecule has 0 spiro atoms. The van der Waals surface area contributed by atoms with Gasteiger partial charge in [0.15, 0.2) is 0 Å². The van der Waals surface area contributed by atoms with Crippen molar-refractivity contribution in [3.8, 4) is 5.88 Å². The Morgan fingerprint density at radius 2 is 2.00 bits per heavy atom. The summed E-state index contributed by atoms with van der Waals surface area (Å²) in [6.07, 6.45) is 4.15. The van der Waals surface area contributed by atoms with Gasteiger partial charge in [0.2, 0.25) is 5.88 Å². The fourth-order valence-electron chi connectivity index (χ4n) is 2.02. The zero-order chi connectivity index (χ0) is 9.80. The molecule has 1 aliphatic heterocycles. The number of pyridine rings is 1. The highest BCUT2D eigenvalue weighted by Crippen LogP contribution is 2.30. The number of piperidine rings is 1. The molecule has 1 aromatic rings. The number of rotatable bonds is 2. The summed E-state index contributed by atoms with van der Waals surface area (Å²) in [5, 5.41) is 3.36. The molecule has 1 aliphatic rings. The minimum absolute atomic E-state index is 0. The Bertz CT molecular complexity index is 304. The molecule has 0 atom stereocenters. The molecule has 5 heteroatoms. The van der Waals surface area contributed by atoms with E-state index < -0.39 is 0 Å². The lowest BCUT2D eigenvalue weighted by Crippen LogP contribution is -2.26. The van der Waals surface area contributed by atoms with Crippen LogP contribution in [-0.4, -0.2) is 25.2 Å². The highest BCUT2D eigenvalue weighted by Gasteiger charge is 2.18. The van der Waals surface area contributed by atoms with Gasteiger partial charge in [-0.05, 0) is 37.9 Å². The van der Waals surface area contributed by atoms with Gasteiger partial charge in [0.05, 0.1) is 7.11 Å². The summed E-state index contributed by atoms with van der Waals surface area (Å²) >= 11 is 0. The quantitative estimate of drug-likeness (QED) is 0.891. The van der Waals surface area contributed by atoms with Gasteiger partial charge in [0.25, 0.3) is 0 Å². The van der Waals surface area contributed by atoms with Crippen LogP contribution < -0.4 is 10.1 Å². The SMILES string of the molecule is COc1ncccc1C1CCNCC1.Cl.Cl. The van der Waals surface area contributed by atoms with Crippen molar-refractivity contribution in [2.75, 3.05) is 20.2 Å². The molecule has 1 aromatic heterocycles. The topological polar surface area (TPSA) is 34.1 Å². The van der Waals surface area contributed by atoms with Crippen molar-refractivity contribution >= 4 is 24.8 Å². The molecule has 0 bridgehead atoms. The average molecular weight is 265 g/mol. The van der Waals surface area contributed by atoms with Gasteiger partial charge in [0.1, 0.15) is 0 Å². The number of nitrogens with one attached hydrogen (secondary N) is 1. The molecule has 1 fully saturated rings. The molecule has 0 radical (unpaired) electrons. The Balaban J connectivity index is 0.00000112. The Morgan fingerprint density at radius 1 is 1.31 bits per heavy atom. The number of aromatic nitrogens is 1. The van der Waals surface area contributed by atoms with E-state index in [-0.39, 0.29) is 24.8 Å². The van der Waals surface area contributed by atoms with Gasteiger partial charge in [-0.3, -0.25) is 0 Å². The third kappa shape index (κ3) is 3.51. The van der Waals surface area contributed by atoms with Crippen molar-refractivity contribution in [2.45, 2.75) is 18.8 Å². The maximum Gasteiger partial charge on any atom is 0.216 e. The molecule has 3 nitrogen and oxygen atoms in total. The monoisotopic (exact) mass is 264 g/mol. The first-order chi connectivity index (χ1) is 6.92. The number of halogens is 2. The normalized spacial score (nSPS) is 15.8. The summed E-state index contributed by atoms with van der Waals surface area (Å²) < 4.78 is 5.27. The van der Waals surface area contributed by atoms with Crippen LogP contribution in [0.1, 0.15) is 24.3 Å². The maximum atomic E-state index is 5.27. The van der Waals surface area contributed by atoms with Gasteiger partial charge < -0.3 is 10.1 Å². The van der Waals surface area contributed by atoms with Crippen molar-refractivity contribution in [3.05, 3.63) is 23.9 Å². The minimum atomic E-state index is 0. The lowest BCUT2D eigenvalue weighted by atomic mass is 9.91. The summed E-state index contributed by atoms with van der Waals surface area (Å²) in [4.78, 5) is 4.23. The molecule has 16 heavy (non-hydrogen) atoms. The van der Waals surface area contributed by atoms with Crippen molar-refractivity contribution in [1.82, 2.24) is 10.3 Å². The molecule has 0 unspecified atom stereocenters. The first-order valence-corrected chi connectivity index (χ1v) is 5.11. The van der Waals surface area contributed by atoms with E-state index in [1.54, 1.807) is 13.3 Å². The van der Waals surface area contributed by atoms with Crippen LogP contribution in [0.4, 0.5) is 0 Å². The Hall–Kier alpha value is -0.510. The smallest absolute Gasteiger partial charge is 0.216 e. The highest BCUT2D eigenvalue weighted by atomic mass is 35.5. The van der Waals surface area contributed by atoms with Crippen LogP contribution in [-0.2, 0) is 0 Å². The van der Waals surface area contributed by atoms with Crippen molar-refractivity contribution in [1.29, 1.82) is 0 Å². The lowest BCUT2D eigenvalue weighted by molar-refractivity contribution is 0.377. The highest BCUT2D eigenvalue weighted by molar-refractivity contribution is 5.85. The van der Waals surface area contributed by atoms with E-state index in [1.807, 2.05) is 6.07 Å². The maximum absolute atomic E-state index is 5.27. The van der Waals surface area contributed by atoms with Crippen LogP contribution in [0.25, 0.3) is 0 Å². The second kappa shape index (κ2) is 7.71. The predicted octanol–water partition coefficient (Wildman–Crippen LogP) is 2.40. The zero-order valence-electron chi connectivity index (χ0n) is 9.31. The Morgan fingerprint density at radius 3 is 2.62 bits per heavy atom. The molecule has 92 valence electrons. The number of hydrogen-bond acceptors (Lipinski definition) is 3. The summed E-state index contributed by atoms with van der Waals surface area (Å²) in [7, 11) is 1.69. The molecule has 1 saturated heterocycles. The largest absolute Gasteiger partial charge is 0.481 e. The van der Waals surface area contributed by atoms with Crippen LogP contribution >= 0.6 is 24.8 Å². The molecular formula is C11H18Cl2N2O. The van der Waals surface area contributed by atoms with E-state index in [9.17, 15) is 0 Å². The summed E-state index contributed by atoms with van der Waals surface area (Å²) in [6.45, 7) is 2.20. The van der Waals surface area contributed by atoms with Gasteiger partial charge in [-0.2, -0.15) is 0 Å². The fraction of sp³-hybridized carbons (Fsp3) is 0.545. The number of ether oxygens (including phenoxy) is 1. The van der Waals surface area contributed by atoms with Crippen LogP contribution in [0.3, 0.4) is 0 Å². The molecule has 0 aromatic carbocycles. The van der Waals surface area contributed by atoms with E-state index in [0.29, 0.717) is 5.92 Å². The van der Waals surface area contributed by atoms with E-state index in [2.05, 4.69) is 16.4 Å². The molecule has 0 saturated carbocycles. The predicted molar refractivity (Wildman–Crippen MR) is 70.1 cm³/mol. The summed E-state index contributed by atoms with van der Waals surface area (Å²) in [6, 6.07) is 4.11. The molecular weight excluding hydrogens is 247 g/mol. The third-order valence-electron chi connectivity index (χ3n) is 2.77. The molecule has 0 aliphatic carbocycles. The van der Waals surface area contributed by atoms with E-state index >= 15 is 0 Å². The van der Waals surface area contributed by atoms with Crippen molar-refractivity contribution in [2.24, 2.45) is 0 Å². The Kier molecular flexibility index (Phi) is 7.47. The van der Waals surface area contributed by atoms with Gasteiger partial charge >= 0.3 is 0 Å². The van der Waals surface area contributed by atoms with Gasteiger partial charge in [-0.1, -0.05) is 6.07 Å². The second-order valence-corrected chi connectivity index (χ2v) is 3.63. The standard InChI is InChI=1S/C11H16N2O.2ClH/c1-14-11-10(3-2-6-13-11)9-4-7-12-8-5-9;;/h2-3,6,9,12H,4-5,7-8H2,1H3;2*1H. The van der Waals surface area contributed by atoms with Crippen LogP contribution in [0, 0.1) is 0 Å². The van der Waals surface area contributed by atoms with Gasteiger partial charge in [-0.15, -0.1) is 24.8 Å². The van der Waals surface area contributed by atoms with Crippen LogP contribution in [0.5, 0.6) is 5.88 Å². The second-order valence-electron chi connectivity index (χ2n) is 3.63. The summed E-state index contributed by atoms with van der Waals surface area (Å²) in [5.74, 6) is 1.40. The summed E-state index contributed by atoms with van der Waals surface area (Å²) in [5.41, 5.74) is 1.26. The Labute approximate surface area is 109 Å². The third-order valence-corrected chi connectivity index (χ3v) is 2.77. The lowest BCUT2D eigenvalue weighted by Gasteiger charge is -2.23. The zero-order valence-corrected chi connectivity index (χ0v) is 10.9. The number of methoxy groups -OCH3 is 1. The first-order valence-electron chi connectivity index (χ1n) is 5.11. The number of nitrogens with zero attached hydrogens (tertiary/aromatic N) is 1. The van der Waals surface area contributed by atoms with Crippen LogP contribution in [0.2, 0.25) is 0 Å². The fourth-order valence-corrected chi connectivity index (χ4v) is 2.02. The molecule has 2 heterocycles. The van der Waals surface area contributed by atoms with Crippen molar-refractivity contribution < 1.29 is 4.74 Å². The van der Waals surface area contributed by atoms with Crippen molar-refractivity contribution in [3.63, 3.8) is 0 Å². The van der Waals surface area contributed by atoms with E-state index in [1.165, 1.54) is 18.4 Å².